The van der Waals surface area contributed by atoms with Gasteiger partial charge in [-0.05, 0) is 43.5 Å². The molecule has 0 spiro atoms. The summed E-state index contributed by atoms with van der Waals surface area (Å²) >= 11 is 1.69. The Hall–Kier alpha value is -2.73. The summed E-state index contributed by atoms with van der Waals surface area (Å²) in [5.41, 5.74) is 1.20. The third-order valence-electron chi connectivity index (χ3n) is 4.77. The van der Waals surface area contributed by atoms with Crippen LogP contribution in [0.1, 0.15) is 35.4 Å². The molecule has 0 N–H and O–H groups in total. The molecule has 1 aromatic carbocycles. The molecule has 1 amide bonds. The minimum absolute atomic E-state index is 0.0600. The average molecular weight is 379 g/mol. The van der Waals surface area contributed by atoms with E-state index in [9.17, 15) is 4.79 Å². The molecule has 2 aromatic heterocycles. The van der Waals surface area contributed by atoms with Crippen LogP contribution in [0.2, 0.25) is 0 Å². The van der Waals surface area contributed by atoms with E-state index in [1.165, 1.54) is 10.4 Å². The van der Waals surface area contributed by atoms with Gasteiger partial charge >= 0.3 is 0 Å². The lowest BCUT2D eigenvalue weighted by Gasteiger charge is -2.29. The quantitative estimate of drug-likeness (QED) is 0.625. The normalized spacial score (nSPS) is 15.5. The Morgan fingerprint density at radius 2 is 1.96 bits per heavy atom. The van der Waals surface area contributed by atoms with Gasteiger partial charge < -0.3 is 9.42 Å². The molecule has 0 atom stereocenters. The molecule has 1 aliphatic rings. The first-order valence-corrected chi connectivity index (χ1v) is 9.93. The Labute approximate surface area is 162 Å². The zero-order valence-corrected chi connectivity index (χ0v) is 16.0. The highest BCUT2D eigenvalue weighted by molar-refractivity contribution is 7.16. The predicted molar refractivity (Wildman–Crippen MR) is 106 cm³/mol. The van der Waals surface area contributed by atoms with E-state index in [1.807, 2.05) is 36.1 Å². The largest absolute Gasteiger partial charge is 0.339 e. The first-order chi connectivity index (χ1) is 13.2. The van der Waals surface area contributed by atoms with Crippen LogP contribution in [-0.2, 0) is 4.79 Å². The molecule has 0 unspecified atom stereocenters. The summed E-state index contributed by atoms with van der Waals surface area (Å²) in [6.45, 7) is 3.26. The summed E-state index contributed by atoms with van der Waals surface area (Å²) in [5.74, 6) is 1.68. The average Bonchev–Trinajstić information content (AvgIpc) is 3.36. The Balaban J connectivity index is 1.34. The molecule has 0 saturated carbocycles. The number of hydrogen-bond acceptors (Lipinski definition) is 5. The number of aryl methyl sites for hydroxylation is 1. The summed E-state index contributed by atoms with van der Waals surface area (Å²) < 4.78 is 5.27. The van der Waals surface area contributed by atoms with Gasteiger partial charge in [0.15, 0.2) is 5.82 Å². The van der Waals surface area contributed by atoms with Crippen LogP contribution in [0.4, 0.5) is 0 Å². The molecule has 0 aliphatic carbocycles. The molecule has 0 radical (unpaired) electrons. The number of benzene rings is 1. The van der Waals surface area contributed by atoms with Crippen molar-refractivity contribution in [1.29, 1.82) is 0 Å². The highest BCUT2D eigenvalue weighted by Crippen LogP contribution is 2.29. The van der Waals surface area contributed by atoms with E-state index >= 15 is 0 Å². The Morgan fingerprint density at radius 3 is 2.67 bits per heavy atom. The summed E-state index contributed by atoms with van der Waals surface area (Å²) in [7, 11) is 0. The number of hydrogen-bond donors (Lipinski definition) is 0. The van der Waals surface area contributed by atoms with Gasteiger partial charge in [0.25, 0.3) is 0 Å². The Kier molecular flexibility index (Phi) is 5.16. The van der Waals surface area contributed by atoms with Crippen LogP contribution < -0.4 is 0 Å². The van der Waals surface area contributed by atoms with Gasteiger partial charge in [0.2, 0.25) is 11.8 Å². The van der Waals surface area contributed by atoms with Crippen molar-refractivity contribution < 1.29 is 9.32 Å². The van der Waals surface area contributed by atoms with Crippen LogP contribution in [0.3, 0.4) is 0 Å². The second kappa shape index (κ2) is 7.88. The van der Waals surface area contributed by atoms with E-state index in [0.717, 1.165) is 30.8 Å². The maximum absolute atomic E-state index is 12.5. The first kappa shape index (κ1) is 17.7. The highest BCUT2D eigenvalue weighted by Gasteiger charge is 2.26. The SMILES string of the molecule is Cc1noc(C2CCN(C(=O)/C=C/c3ccc(-c4ccccc4)s3)CC2)n1. The number of rotatable bonds is 4. The van der Waals surface area contributed by atoms with Crippen molar-refractivity contribution in [2.45, 2.75) is 25.7 Å². The fourth-order valence-electron chi connectivity index (χ4n) is 3.28. The Morgan fingerprint density at radius 1 is 1.19 bits per heavy atom. The van der Waals surface area contributed by atoms with Crippen molar-refractivity contribution in [3.63, 3.8) is 0 Å². The van der Waals surface area contributed by atoms with Gasteiger partial charge in [0.1, 0.15) is 0 Å². The monoisotopic (exact) mass is 379 g/mol. The third kappa shape index (κ3) is 4.17. The molecular formula is C21H21N3O2S. The molecule has 1 saturated heterocycles. The minimum Gasteiger partial charge on any atom is -0.339 e. The first-order valence-electron chi connectivity index (χ1n) is 9.11. The van der Waals surface area contributed by atoms with E-state index in [0.29, 0.717) is 11.7 Å². The van der Waals surface area contributed by atoms with E-state index in [1.54, 1.807) is 17.4 Å². The van der Waals surface area contributed by atoms with Crippen LogP contribution >= 0.6 is 11.3 Å². The highest BCUT2D eigenvalue weighted by atomic mass is 32.1. The van der Waals surface area contributed by atoms with Crippen LogP contribution in [0.5, 0.6) is 0 Å². The maximum Gasteiger partial charge on any atom is 0.246 e. The van der Waals surface area contributed by atoms with Gasteiger partial charge in [0, 0.05) is 34.8 Å². The standard InChI is InChI=1S/C21H21N3O2S/c1-15-22-21(26-23-15)17-11-13-24(14-12-17)20(25)10-8-18-7-9-19(27-18)16-5-3-2-4-6-16/h2-10,17H,11-14H2,1H3/b10-8+. The Bertz CT molecular complexity index is 937. The summed E-state index contributed by atoms with van der Waals surface area (Å²) in [5, 5.41) is 3.86. The van der Waals surface area contributed by atoms with Gasteiger partial charge in [-0.15, -0.1) is 11.3 Å². The predicted octanol–water partition coefficient (Wildman–Crippen LogP) is 4.53. The topological polar surface area (TPSA) is 59.2 Å². The molecule has 1 fully saturated rings. The smallest absolute Gasteiger partial charge is 0.246 e. The van der Waals surface area contributed by atoms with Crippen LogP contribution in [-0.4, -0.2) is 34.0 Å². The summed E-state index contributed by atoms with van der Waals surface area (Å²) in [4.78, 5) is 21.0. The van der Waals surface area contributed by atoms with Crippen LogP contribution in [0.25, 0.3) is 16.5 Å². The van der Waals surface area contributed by atoms with Crippen molar-refractivity contribution in [2.24, 2.45) is 0 Å². The molecule has 6 heteroatoms. The summed E-state index contributed by atoms with van der Waals surface area (Å²) in [6, 6.07) is 14.4. The summed E-state index contributed by atoms with van der Waals surface area (Å²) in [6.07, 6.45) is 5.31. The molecule has 4 rings (SSSR count). The number of amides is 1. The zero-order chi connectivity index (χ0) is 18.6. The van der Waals surface area contributed by atoms with Crippen molar-refractivity contribution in [2.75, 3.05) is 13.1 Å². The lowest BCUT2D eigenvalue weighted by atomic mass is 9.97. The van der Waals surface area contributed by atoms with Crippen molar-refractivity contribution >= 4 is 23.3 Å². The zero-order valence-electron chi connectivity index (χ0n) is 15.2. The van der Waals surface area contributed by atoms with E-state index < -0.39 is 0 Å². The van der Waals surface area contributed by atoms with Crippen molar-refractivity contribution in [3.8, 4) is 10.4 Å². The number of nitrogens with zero attached hydrogens (tertiary/aromatic N) is 3. The molecule has 0 bridgehead atoms. The minimum atomic E-state index is 0.0600. The van der Waals surface area contributed by atoms with Crippen LogP contribution in [0, 0.1) is 6.92 Å². The fraction of sp³-hybridized carbons (Fsp3) is 0.286. The van der Waals surface area contributed by atoms with Gasteiger partial charge in [-0.3, -0.25) is 4.79 Å². The van der Waals surface area contributed by atoms with Gasteiger partial charge in [-0.2, -0.15) is 4.98 Å². The number of carbonyl (C=O) groups is 1. The molecule has 27 heavy (non-hydrogen) atoms. The maximum atomic E-state index is 12.5. The van der Waals surface area contributed by atoms with Gasteiger partial charge in [-0.25, -0.2) is 0 Å². The van der Waals surface area contributed by atoms with Crippen LogP contribution in [0.15, 0.2) is 53.1 Å². The van der Waals surface area contributed by atoms with Crippen molar-refractivity contribution in [3.05, 3.63) is 65.1 Å². The van der Waals surface area contributed by atoms with E-state index in [-0.39, 0.29) is 11.8 Å². The molecule has 138 valence electrons. The molecular weight excluding hydrogens is 358 g/mol. The number of carbonyl (C=O) groups excluding carboxylic acids is 1. The lowest BCUT2D eigenvalue weighted by molar-refractivity contribution is -0.127. The number of aromatic nitrogens is 2. The second-order valence-electron chi connectivity index (χ2n) is 6.68. The molecule has 1 aliphatic heterocycles. The molecule has 3 heterocycles. The number of thiophene rings is 1. The third-order valence-corrected chi connectivity index (χ3v) is 5.87. The number of likely N-dealkylation sites (tertiary alicyclic amines) is 1. The van der Waals surface area contributed by atoms with Gasteiger partial charge in [-0.1, -0.05) is 35.5 Å². The lowest BCUT2D eigenvalue weighted by Crippen LogP contribution is -2.36. The second-order valence-corrected chi connectivity index (χ2v) is 7.80. The molecule has 3 aromatic rings. The van der Waals surface area contributed by atoms with E-state index in [4.69, 9.17) is 4.52 Å². The van der Waals surface area contributed by atoms with Gasteiger partial charge in [0.05, 0.1) is 0 Å². The number of piperidine rings is 1. The molecule has 5 nitrogen and oxygen atoms in total. The van der Waals surface area contributed by atoms with E-state index in [2.05, 4.69) is 34.4 Å². The fourth-order valence-corrected chi connectivity index (χ4v) is 4.20. The van der Waals surface area contributed by atoms with Crippen molar-refractivity contribution in [1.82, 2.24) is 15.0 Å².